The van der Waals surface area contributed by atoms with Crippen LogP contribution in [0.2, 0.25) is 0 Å². The molecule has 1 heterocycles. The van der Waals surface area contributed by atoms with Gasteiger partial charge < -0.3 is 15.4 Å². The Kier molecular flexibility index (Phi) is 3.55. The minimum atomic E-state index is -1.03. The van der Waals surface area contributed by atoms with Gasteiger partial charge in [0.05, 0.1) is 0 Å². The van der Waals surface area contributed by atoms with E-state index in [1.54, 1.807) is 6.20 Å². The molecule has 0 bridgehead atoms. The normalized spacial score (nSPS) is 12.3. The van der Waals surface area contributed by atoms with Crippen LogP contribution in [0.4, 0.5) is 0 Å². The van der Waals surface area contributed by atoms with Gasteiger partial charge >= 0.3 is 5.97 Å². The third kappa shape index (κ3) is 2.76. The number of carbonyl (C=O) groups is 2. The van der Waals surface area contributed by atoms with Gasteiger partial charge in [-0.3, -0.25) is 4.79 Å². The van der Waals surface area contributed by atoms with Crippen molar-refractivity contribution in [3.63, 3.8) is 0 Å². The number of carboxylic acid groups (broad SMARTS) is 1. The summed E-state index contributed by atoms with van der Waals surface area (Å²) < 4.78 is 0. The van der Waals surface area contributed by atoms with E-state index >= 15 is 0 Å². The molecule has 19 heavy (non-hydrogen) atoms. The molecule has 1 amide bonds. The van der Waals surface area contributed by atoms with Crippen molar-refractivity contribution in [2.75, 3.05) is 0 Å². The largest absolute Gasteiger partial charge is 0.480 e. The molecule has 1 atom stereocenters. The summed E-state index contributed by atoms with van der Waals surface area (Å²) in [6.45, 7) is 3.31. The van der Waals surface area contributed by atoms with Crippen molar-refractivity contribution in [2.24, 2.45) is 0 Å². The molecule has 0 radical (unpaired) electrons. The maximum absolute atomic E-state index is 11.1. The molecular formula is C14H16N2O3. The van der Waals surface area contributed by atoms with Gasteiger partial charge in [-0.1, -0.05) is 18.2 Å². The van der Waals surface area contributed by atoms with Crippen molar-refractivity contribution in [3.8, 4) is 0 Å². The van der Waals surface area contributed by atoms with E-state index in [9.17, 15) is 9.59 Å². The van der Waals surface area contributed by atoms with Gasteiger partial charge in [0.15, 0.2) is 0 Å². The highest BCUT2D eigenvalue weighted by Gasteiger charge is 2.20. The third-order valence-electron chi connectivity index (χ3n) is 3.11. The monoisotopic (exact) mass is 260 g/mol. The maximum Gasteiger partial charge on any atom is 0.326 e. The number of nitrogens with one attached hydrogen (secondary N) is 2. The van der Waals surface area contributed by atoms with Crippen LogP contribution in [0.3, 0.4) is 0 Å². The Hall–Kier alpha value is -2.30. The minimum Gasteiger partial charge on any atom is -0.480 e. The van der Waals surface area contributed by atoms with Crippen LogP contribution in [0.5, 0.6) is 0 Å². The molecule has 0 saturated carbocycles. The predicted octanol–water partition coefficient (Wildman–Crippen LogP) is 1.61. The summed E-state index contributed by atoms with van der Waals surface area (Å²) in [5.41, 5.74) is 3.00. The Morgan fingerprint density at radius 1 is 1.42 bits per heavy atom. The summed E-state index contributed by atoms with van der Waals surface area (Å²) in [5.74, 6) is -1.37. The fourth-order valence-corrected chi connectivity index (χ4v) is 2.20. The van der Waals surface area contributed by atoms with E-state index in [0.717, 1.165) is 22.0 Å². The molecule has 100 valence electrons. The zero-order valence-electron chi connectivity index (χ0n) is 10.9. The van der Waals surface area contributed by atoms with Crippen LogP contribution in [-0.2, 0) is 16.0 Å². The highest BCUT2D eigenvalue weighted by molar-refractivity contribution is 5.87. The van der Waals surface area contributed by atoms with Crippen LogP contribution in [0.1, 0.15) is 18.1 Å². The third-order valence-corrected chi connectivity index (χ3v) is 3.11. The van der Waals surface area contributed by atoms with E-state index in [1.165, 1.54) is 6.92 Å². The number of carbonyl (C=O) groups excluding carboxylic acids is 1. The van der Waals surface area contributed by atoms with Gasteiger partial charge in [0.2, 0.25) is 5.91 Å². The molecular weight excluding hydrogens is 244 g/mol. The molecule has 2 rings (SSSR count). The van der Waals surface area contributed by atoms with Crippen LogP contribution in [0.25, 0.3) is 10.9 Å². The van der Waals surface area contributed by atoms with Crippen molar-refractivity contribution >= 4 is 22.8 Å². The molecule has 0 aliphatic carbocycles. The van der Waals surface area contributed by atoms with Gasteiger partial charge in [0, 0.05) is 30.4 Å². The average molecular weight is 260 g/mol. The molecule has 1 aromatic carbocycles. The summed E-state index contributed by atoms with van der Waals surface area (Å²) in [7, 11) is 0. The molecule has 5 nitrogen and oxygen atoms in total. The fourth-order valence-electron chi connectivity index (χ4n) is 2.20. The number of para-hydroxylation sites is 1. The van der Waals surface area contributed by atoms with Crippen LogP contribution >= 0.6 is 0 Å². The average Bonchev–Trinajstić information content (AvgIpc) is 2.72. The van der Waals surface area contributed by atoms with Crippen molar-refractivity contribution in [3.05, 3.63) is 35.5 Å². The lowest BCUT2D eigenvalue weighted by Gasteiger charge is -2.12. The standard InChI is InChI=1S/C14H16N2O3/c1-8-4-3-5-11-10(7-15-13(8)11)6-12(14(18)19)16-9(2)17/h3-5,7,12,15H,6H2,1-2H3,(H,16,17)(H,18,19). The second kappa shape index (κ2) is 5.14. The van der Waals surface area contributed by atoms with E-state index in [-0.39, 0.29) is 12.3 Å². The number of rotatable bonds is 4. The number of aryl methyl sites for hydroxylation is 1. The molecule has 1 unspecified atom stereocenters. The van der Waals surface area contributed by atoms with Crippen LogP contribution in [0, 0.1) is 6.92 Å². The second-order valence-electron chi connectivity index (χ2n) is 4.61. The summed E-state index contributed by atoms with van der Waals surface area (Å²) >= 11 is 0. The lowest BCUT2D eigenvalue weighted by Crippen LogP contribution is -2.41. The highest BCUT2D eigenvalue weighted by Crippen LogP contribution is 2.22. The van der Waals surface area contributed by atoms with Gasteiger partial charge in [-0.25, -0.2) is 4.79 Å². The number of benzene rings is 1. The number of aromatic nitrogens is 1. The molecule has 0 spiro atoms. The van der Waals surface area contributed by atoms with E-state index in [2.05, 4.69) is 10.3 Å². The number of fused-ring (bicyclic) bond motifs is 1. The van der Waals surface area contributed by atoms with Gasteiger partial charge in [-0.15, -0.1) is 0 Å². The van der Waals surface area contributed by atoms with Gasteiger partial charge in [0.1, 0.15) is 6.04 Å². The lowest BCUT2D eigenvalue weighted by molar-refractivity contribution is -0.141. The predicted molar refractivity (Wildman–Crippen MR) is 72.0 cm³/mol. The smallest absolute Gasteiger partial charge is 0.326 e. The number of H-pyrrole nitrogens is 1. The first-order valence-corrected chi connectivity index (χ1v) is 6.04. The van der Waals surface area contributed by atoms with Crippen molar-refractivity contribution in [1.82, 2.24) is 10.3 Å². The molecule has 2 aromatic rings. The Balaban J connectivity index is 2.31. The highest BCUT2D eigenvalue weighted by atomic mass is 16.4. The molecule has 3 N–H and O–H groups in total. The van der Waals surface area contributed by atoms with Crippen molar-refractivity contribution in [2.45, 2.75) is 26.3 Å². The van der Waals surface area contributed by atoms with Crippen molar-refractivity contribution in [1.29, 1.82) is 0 Å². The summed E-state index contributed by atoms with van der Waals surface area (Å²) in [4.78, 5) is 25.3. The topological polar surface area (TPSA) is 82.2 Å². The molecule has 0 aliphatic rings. The molecule has 0 aliphatic heterocycles. The second-order valence-corrected chi connectivity index (χ2v) is 4.61. The first-order chi connectivity index (χ1) is 8.99. The van der Waals surface area contributed by atoms with Gasteiger partial charge in [-0.05, 0) is 18.1 Å². The number of hydrogen-bond acceptors (Lipinski definition) is 2. The van der Waals surface area contributed by atoms with Crippen molar-refractivity contribution < 1.29 is 14.7 Å². The molecule has 0 saturated heterocycles. The Morgan fingerprint density at radius 2 is 2.16 bits per heavy atom. The zero-order valence-corrected chi connectivity index (χ0v) is 10.9. The molecule has 0 fully saturated rings. The number of carboxylic acids is 1. The summed E-state index contributed by atoms with van der Waals surface area (Å²) in [5, 5.41) is 12.6. The number of amides is 1. The Morgan fingerprint density at radius 3 is 2.79 bits per heavy atom. The maximum atomic E-state index is 11.1. The summed E-state index contributed by atoms with van der Waals surface area (Å²) in [6, 6.07) is 4.96. The SMILES string of the molecule is CC(=O)NC(Cc1c[nH]c2c(C)cccc12)C(=O)O. The quantitative estimate of drug-likeness (QED) is 0.781. The number of hydrogen-bond donors (Lipinski definition) is 3. The van der Waals surface area contributed by atoms with Crippen LogP contribution < -0.4 is 5.32 Å². The molecule has 5 heteroatoms. The van der Waals surface area contributed by atoms with Crippen LogP contribution in [-0.4, -0.2) is 28.0 Å². The minimum absolute atomic E-state index is 0.262. The fraction of sp³-hybridized carbons (Fsp3) is 0.286. The number of aliphatic carboxylic acids is 1. The van der Waals surface area contributed by atoms with E-state index in [4.69, 9.17) is 5.11 Å². The van der Waals surface area contributed by atoms with Crippen LogP contribution in [0.15, 0.2) is 24.4 Å². The Bertz CT molecular complexity index is 631. The first-order valence-electron chi connectivity index (χ1n) is 6.04. The van der Waals surface area contributed by atoms with E-state index in [0.29, 0.717) is 0 Å². The number of aromatic amines is 1. The van der Waals surface area contributed by atoms with E-state index in [1.807, 2.05) is 25.1 Å². The first kappa shape index (κ1) is 13.1. The molecule has 1 aromatic heterocycles. The van der Waals surface area contributed by atoms with Gasteiger partial charge in [0.25, 0.3) is 0 Å². The van der Waals surface area contributed by atoms with Gasteiger partial charge in [-0.2, -0.15) is 0 Å². The lowest BCUT2D eigenvalue weighted by atomic mass is 10.0. The van der Waals surface area contributed by atoms with E-state index < -0.39 is 12.0 Å². The zero-order chi connectivity index (χ0) is 14.0. The Labute approximate surface area is 110 Å². The summed E-state index contributed by atoms with van der Waals surface area (Å²) in [6.07, 6.45) is 2.06.